The van der Waals surface area contributed by atoms with Crippen LogP contribution in [-0.4, -0.2) is 57.3 Å². The van der Waals surface area contributed by atoms with Gasteiger partial charge in [0.2, 0.25) is 5.91 Å². The first kappa shape index (κ1) is 23.5. The maximum Gasteiger partial charge on any atom is 0.246 e. The monoisotopic (exact) mass is 489 g/mol. The van der Waals surface area contributed by atoms with Gasteiger partial charge in [0.25, 0.3) is 0 Å². The third-order valence-corrected chi connectivity index (χ3v) is 5.69. The molecule has 1 saturated heterocycles. The van der Waals surface area contributed by atoms with Crippen LogP contribution in [0.4, 0.5) is 17.2 Å². The third kappa shape index (κ3) is 5.20. The summed E-state index contributed by atoms with van der Waals surface area (Å²) in [6.07, 6.45) is 3.32. The van der Waals surface area contributed by atoms with Gasteiger partial charge < -0.3 is 24.8 Å². The van der Waals surface area contributed by atoms with Crippen LogP contribution in [0.15, 0.2) is 48.9 Å². The molecule has 2 aromatic heterocycles. The molecule has 0 aliphatic carbocycles. The smallest absolute Gasteiger partial charge is 0.246 e. The summed E-state index contributed by atoms with van der Waals surface area (Å²) in [4.78, 5) is 21.2. The van der Waals surface area contributed by atoms with E-state index in [0.717, 1.165) is 16.8 Å². The number of methoxy groups -OCH3 is 1. The summed E-state index contributed by atoms with van der Waals surface area (Å²) in [7, 11) is 1.60. The molecule has 1 fully saturated rings. The number of nitrogens with one attached hydrogen (secondary N) is 2. The van der Waals surface area contributed by atoms with Gasteiger partial charge in [0, 0.05) is 29.7 Å². The molecule has 4 aromatic rings. The highest BCUT2D eigenvalue weighted by atomic mass is 16.6. The normalized spacial score (nSPS) is 13.4. The Balaban J connectivity index is 1.27. The van der Waals surface area contributed by atoms with Crippen molar-refractivity contribution in [3.63, 3.8) is 0 Å². The molecule has 0 atom stereocenters. The van der Waals surface area contributed by atoms with Gasteiger partial charge >= 0.3 is 0 Å². The van der Waals surface area contributed by atoms with Gasteiger partial charge in [-0.15, -0.1) is 5.10 Å². The fraction of sp³-hybridized carbons (Fsp3) is 0.320. The second-order valence-electron chi connectivity index (χ2n) is 8.77. The molecule has 186 valence electrons. The molecule has 1 aliphatic rings. The lowest BCUT2D eigenvalue weighted by molar-refractivity contribution is -0.116. The van der Waals surface area contributed by atoms with E-state index >= 15 is 0 Å². The molecule has 0 radical (unpaired) electrons. The number of aromatic nitrogens is 5. The van der Waals surface area contributed by atoms with E-state index in [1.54, 1.807) is 13.3 Å². The number of carbonyl (C=O) groups excluding carboxylic acids is 1. The van der Waals surface area contributed by atoms with Crippen LogP contribution < -0.4 is 20.1 Å². The lowest BCUT2D eigenvalue weighted by atomic mass is 10.2. The second kappa shape index (κ2) is 10.2. The van der Waals surface area contributed by atoms with Gasteiger partial charge in [-0.05, 0) is 30.2 Å². The van der Waals surface area contributed by atoms with Crippen molar-refractivity contribution in [3.8, 4) is 11.5 Å². The molecule has 1 aliphatic heterocycles. The summed E-state index contributed by atoms with van der Waals surface area (Å²) in [6.45, 7) is 5.30. The Labute approximate surface area is 207 Å². The van der Waals surface area contributed by atoms with Crippen LogP contribution in [0.5, 0.6) is 11.5 Å². The minimum Gasteiger partial charge on any atom is -0.496 e. The van der Waals surface area contributed by atoms with Crippen LogP contribution in [0.1, 0.15) is 25.5 Å². The van der Waals surface area contributed by atoms with Crippen LogP contribution in [0.25, 0.3) is 10.9 Å². The van der Waals surface area contributed by atoms with Crippen molar-refractivity contribution in [2.75, 3.05) is 31.0 Å². The standard InChI is InChI=1S/C25H27N7O4/c1-15(2)21-10-32(31-30-21)11-23(33)28-16-4-6-17(7-5-16)29-25-24-20(26-14-27-25)8-18(9-22(24)34-3)36-19-12-35-13-19/h4-10,14-15,19H,11-13H2,1-3H3,(H,28,33)(H,26,27,29). The fourth-order valence-electron chi connectivity index (χ4n) is 3.70. The van der Waals surface area contributed by atoms with Gasteiger partial charge in [-0.25, -0.2) is 14.6 Å². The summed E-state index contributed by atoms with van der Waals surface area (Å²) in [5.41, 5.74) is 3.00. The van der Waals surface area contributed by atoms with E-state index in [1.165, 1.54) is 11.0 Å². The number of amides is 1. The Morgan fingerprint density at radius 2 is 1.94 bits per heavy atom. The summed E-state index contributed by atoms with van der Waals surface area (Å²) >= 11 is 0. The van der Waals surface area contributed by atoms with E-state index in [9.17, 15) is 4.79 Å². The Morgan fingerprint density at radius 1 is 1.17 bits per heavy atom. The number of rotatable bonds is 9. The predicted octanol–water partition coefficient (Wildman–Crippen LogP) is 3.51. The Hall–Kier alpha value is -4.25. The molecular weight excluding hydrogens is 462 g/mol. The lowest BCUT2D eigenvalue weighted by Gasteiger charge is -2.27. The van der Waals surface area contributed by atoms with Crippen molar-refractivity contribution in [2.45, 2.75) is 32.4 Å². The zero-order chi connectivity index (χ0) is 25.1. The highest BCUT2D eigenvalue weighted by Gasteiger charge is 2.21. The number of ether oxygens (including phenoxy) is 3. The minimum absolute atomic E-state index is 0.0410. The van der Waals surface area contributed by atoms with E-state index in [1.807, 2.05) is 50.2 Å². The predicted molar refractivity (Wildman–Crippen MR) is 134 cm³/mol. The van der Waals surface area contributed by atoms with E-state index < -0.39 is 0 Å². The molecule has 0 spiro atoms. The molecule has 11 nitrogen and oxygen atoms in total. The van der Waals surface area contributed by atoms with Crippen molar-refractivity contribution in [1.29, 1.82) is 0 Å². The third-order valence-electron chi connectivity index (χ3n) is 5.69. The first-order valence-corrected chi connectivity index (χ1v) is 11.6. The number of anilines is 3. The molecule has 0 saturated carbocycles. The van der Waals surface area contributed by atoms with Crippen molar-refractivity contribution in [1.82, 2.24) is 25.0 Å². The molecule has 2 aromatic carbocycles. The number of hydrogen-bond donors (Lipinski definition) is 2. The molecule has 0 unspecified atom stereocenters. The number of nitrogens with zero attached hydrogens (tertiary/aromatic N) is 5. The first-order valence-electron chi connectivity index (χ1n) is 11.6. The number of carbonyl (C=O) groups is 1. The number of benzene rings is 2. The molecule has 1 amide bonds. The molecular formula is C25H27N7O4. The molecule has 11 heteroatoms. The fourth-order valence-corrected chi connectivity index (χ4v) is 3.70. The average molecular weight is 490 g/mol. The van der Waals surface area contributed by atoms with Crippen molar-refractivity contribution >= 4 is 34.0 Å². The first-order chi connectivity index (χ1) is 17.5. The SMILES string of the molecule is COc1cc(OC2COC2)cc2ncnc(Nc3ccc(NC(=O)Cn4cc(C(C)C)nn4)cc3)c12. The topological polar surface area (TPSA) is 125 Å². The molecule has 5 rings (SSSR count). The van der Waals surface area contributed by atoms with E-state index in [-0.39, 0.29) is 24.5 Å². The van der Waals surface area contributed by atoms with Gasteiger partial charge in [-0.2, -0.15) is 0 Å². The van der Waals surface area contributed by atoms with Crippen LogP contribution in [0.2, 0.25) is 0 Å². The van der Waals surface area contributed by atoms with Gasteiger partial charge in [-0.1, -0.05) is 19.1 Å². The zero-order valence-corrected chi connectivity index (χ0v) is 20.3. The van der Waals surface area contributed by atoms with E-state index in [2.05, 4.69) is 30.9 Å². The van der Waals surface area contributed by atoms with Gasteiger partial charge in [0.1, 0.15) is 36.3 Å². The Bertz CT molecular complexity index is 1370. The van der Waals surface area contributed by atoms with Crippen LogP contribution in [0, 0.1) is 0 Å². The van der Waals surface area contributed by atoms with E-state index in [4.69, 9.17) is 14.2 Å². The van der Waals surface area contributed by atoms with Crippen LogP contribution in [0.3, 0.4) is 0 Å². The highest BCUT2D eigenvalue weighted by Crippen LogP contribution is 2.36. The quantitative estimate of drug-likeness (QED) is 0.363. The summed E-state index contributed by atoms with van der Waals surface area (Å²) in [6, 6.07) is 11.0. The molecule has 3 heterocycles. The van der Waals surface area contributed by atoms with Crippen LogP contribution >= 0.6 is 0 Å². The molecule has 36 heavy (non-hydrogen) atoms. The van der Waals surface area contributed by atoms with E-state index in [0.29, 0.717) is 41.7 Å². The van der Waals surface area contributed by atoms with Crippen molar-refractivity contribution in [3.05, 3.63) is 54.6 Å². The minimum atomic E-state index is -0.186. The lowest BCUT2D eigenvalue weighted by Crippen LogP contribution is -2.38. The maximum atomic E-state index is 12.4. The number of hydrogen-bond acceptors (Lipinski definition) is 9. The van der Waals surface area contributed by atoms with Crippen molar-refractivity contribution in [2.24, 2.45) is 0 Å². The Morgan fingerprint density at radius 3 is 2.61 bits per heavy atom. The highest BCUT2D eigenvalue weighted by molar-refractivity contribution is 5.97. The van der Waals surface area contributed by atoms with Gasteiger partial charge in [0.15, 0.2) is 0 Å². The second-order valence-corrected chi connectivity index (χ2v) is 8.77. The van der Waals surface area contributed by atoms with Crippen molar-refractivity contribution < 1.29 is 19.0 Å². The summed E-state index contributed by atoms with van der Waals surface area (Å²) in [5, 5.41) is 15.0. The number of fused-ring (bicyclic) bond motifs is 1. The largest absolute Gasteiger partial charge is 0.496 e. The average Bonchev–Trinajstić information content (AvgIpc) is 3.31. The Kier molecular flexibility index (Phi) is 6.63. The zero-order valence-electron chi connectivity index (χ0n) is 20.3. The van der Waals surface area contributed by atoms with Gasteiger partial charge in [-0.3, -0.25) is 4.79 Å². The molecule has 0 bridgehead atoms. The van der Waals surface area contributed by atoms with Gasteiger partial charge in [0.05, 0.1) is 36.9 Å². The summed E-state index contributed by atoms with van der Waals surface area (Å²) in [5.74, 6) is 1.94. The summed E-state index contributed by atoms with van der Waals surface area (Å²) < 4.78 is 18.3. The maximum absolute atomic E-state index is 12.4. The van der Waals surface area contributed by atoms with Crippen LogP contribution in [-0.2, 0) is 16.1 Å². The molecule has 2 N–H and O–H groups in total.